The maximum Gasteiger partial charge on any atom is 0.270 e. The van der Waals surface area contributed by atoms with Gasteiger partial charge in [0.2, 0.25) is 5.91 Å². The first-order valence-electron chi connectivity index (χ1n) is 9.71. The number of hydrogen-bond donors (Lipinski definition) is 3. The van der Waals surface area contributed by atoms with E-state index in [4.69, 9.17) is 0 Å². The van der Waals surface area contributed by atoms with E-state index < -0.39 is 0 Å². The lowest BCUT2D eigenvalue weighted by Crippen LogP contribution is -2.39. The average molecular weight is 371 g/mol. The van der Waals surface area contributed by atoms with Gasteiger partial charge < -0.3 is 15.6 Å². The third-order valence-electron chi connectivity index (χ3n) is 5.58. The topological polar surface area (TPSA) is 99.8 Å². The maximum absolute atomic E-state index is 12.5. The Morgan fingerprint density at radius 2 is 2.04 bits per heavy atom. The Hall–Kier alpha value is -2.44. The number of carbonyl (C=O) groups is 2. The van der Waals surface area contributed by atoms with Crippen LogP contribution in [0.4, 0.5) is 0 Å². The first-order chi connectivity index (χ1) is 12.9. The number of H-pyrrole nitrogens is 1. The molecule has 2 aromatic heterocycles. The molecule has 2 heterocycles. The summed E-state index contributed by atoms with van der Waals surface area (Å²) in [6, 6.07) is 1.81. The molecular formula is C20H29N5O2. The van der Waals surface area contributed by atoms with Crippen LogP contribution in [0.5, 0.6) is 0 Å². The summed E-state index contributed by atoms with van der Waals surface area (Å²) in [5, 5.41) is 6.81. The Kier molecular flexibility index (Phi) is 5.48. The zero-order valence-electron chi connectivity index (χ0n) is 16.4. The number of aromatic nitrogens is 3. The summed E-state index contributed by atoms with van der Waals surface area (Å²) in [5.41, 5.74) is 0.830. The first-order valence-corrected chi connectivity index (χ1v) is 9.71. The number of nitrogens with one attached hydrogen (secondary N) is 3. The second kappa shape index (κ2) is 7.66. The quantitative estimate of drug-likeness (QED) is 0.631. The molecule has 1 saturated carbocycles. The van der Waals surface area contributed by atoms with Crippen LogP contribution in [-0.4, -0.2) is 39.9 Å². The minimum Gasteiger partial charge on any atom is -0.356 e. The summed E-state index contributed by atoms with van der Waals surface area (Å²) < 4.78 is 0. The van der Waals surface area contributed by atoms with Crippen molar-refractivity contribution >= 4 is 22.8 Å². The molecule has 0 radical (unpaired) electrons. The summed E-state index contributed by atoms with van der Waals surface area (Å²) in [6.07, 6.45) is 8.05. The van der Waals surface area contributed by atoms with Gasteiger partial charge in [0.1, 0.15) is 17.7 Å². The summed E-state index contributed by atoms with van der Waals surface area (Å²) in [4.78, 5) is 36.1. The van der Waals surface area contributed by atoms with Crippen LogP contribution in [0.3, 0.4) is 0 Å². The van der Waals surface area contributed by atoms with Gasteiger partial charge in [0, 0.05) is 24.7 Å². The molecule has 3 rings (SSSR count). The Balaban J connectivity index is 1.49. The molecule has 7 heteroatoms. The molecule has 3 N–H and O–H groups in total. The SMILES string of the molecule is CCCC(C)(C)C(=O)NCCC1(CNC(=O)c2ncnc3[nH]ccc23)CC1. The number of carbonyl (C=O) groups excluding carboxylic acids is 2. The molecule has 27 heavy (non-hydrogen) atoms. The molecule has 0 atom stereocenters. The molecular weight excluding hydrogens is 342 g/mol. The van der Waals surface area contributed by atoms with Crippen molar-refractivity contribution in [1.29, 1.82) is 0 Å². The van der Waals surface area contributed by atoms with Crippen molar-refractivity contribution in [3.8, 4) is 0 Å². The monoisotopic (exact) mass is 371 g/mol. The number of rotatable bonds is 9. The second-order valence-electron chi connectivity index (χ2n) is 8.28. The van der Waals surface area contributed by atoms with Gasteiger partial charge in [0.15, 0.2) is 0 Å². The number of fused-ring (bicyclic) bond motifs is 1. The molecule has 0 bridgehead atoms. The predicted octanol–water partition coefficient (Wildman–Crippen LogP) is 2.80. The number of aromatic amines is 1. The van der Waals surface area contributed by atoms with E-state index in [1.54, 1.807) is 6.20 Å². The highest BCUT2D eigenvalue weighted by Gasteiger charge is 2.42. The van der Waals surface area contributed by atoms with Crippen LogP contribution in [-0.2, 0) is 4.79 Å². The van der Waals surface area contributed by atoms with E-state index in [0.29, 0.717) is 24.4 Å². The largest absolute Gasteiger partial charge is 0.356 e. The smallest absolute Gasteiger partial charge is 0.270 e. The van der Waals surface area contributed by atoms with E-state index in [-0.39, 0.29) is 22.6 Å². The van der Waals surface area contributed by atoms with E-state index in [1.165, 1.54) is 6.33 Å². The molecule has 7 nitrogen and oxygen atoms in total. The van der Waals surface area contributed by atoms with Gasteiger partial charge in [-0.15, -0.1) is 0 Å². The summed E-state index contributed by atoms with van der Waals surface area (Å²) in [7, 11) is 0. The fourth-order valence-electron chi connectivity index (χ4n) is 3.52. The standard InChI is InChI=1S/C20H29N5O2/c1-4-6-19(2,3)18(27)22-11-9-20(7-8-20)12-23-17(26)15-14-5-10-21-16(14)25-13-24-15/h5,10,13H,4,6-9,11-12H2,1-3H3,(H,22,27)(H,23,26)(H,21,24,25). The normalized spacial score (nSPS) is 15.5. The van der Waals surface area contributed by atoms with E-state index in [0.717, 1.165) is 37.5 Å². The third kappa shape index (κ3) is 4.46. The molecule has 0 unspecified atom stereocenters. The Labute approximate surface area is 159 Å². The van der Waals surface area contributed by atoms with Crippen molar-refractivity contribution in [3.05, 3.63) is 24.3 Å². The average Bonchev–Trinajstić information content (AvgIpc) is 3.23. The zero-order chi connectivity index (χ0) is 19.5. The van der Waals surface area contributed by atoms with Gasteiger partial charge >= 0.3 is 0 Å². The van der Waals surface area contributed by atoms with Gasteiger partial charge in [-0.1, -0.05) is 27.2 Å². The minimum absolute atomic E-state index is 0.0993. The van der Waals surface area contributed by atoms with Crippen molar-refractivity contribution in [1.82, 2.24) is 25.6 Å². The van der Waals surface area contributed by atoms with E-state index >= 15 is 0 Å². The van der Waals surface area contributed by atoms with E-state index in [2.05, 4.69) is 32.5 Å². The molecule has 0 aliphatic heterocycles. The Morgan fingerprint density at radius 1 is 1.26 bits per heavy atom. The molecule has 1 aliphatic rings. The minimum atomic E-state index is -0.325. The van der Waals surface area contributed by atoms with Gasteiger partial charge in [-0.3, -0.25) is 9.59 Å². The molecule has 2 aromatic rings. The Morgan fingerprint density at radius 3 is 2.74 bits per heavy atom. The maximum atomic E-state index is 12.5. The van der Waals surface area contributed by atoms with E-state index in [1.807, 2.05) is 19.9 Å². The highest BCUT2D eigenvalue weighted by atomic mass is 16.2. The predicted molar refractivity (Wildman–Crippen MR) is 104 cm³/mol. The molecule has 0 saturated heterocycles. The third-order valence-corrected chi connectivity index (χ3v) is 5.58. The fourth-order valence-corrected chi connectivity index (χ4v) is 3.52. The summed E-state index contributed by atoms with van der Waals surface area (Å²) >= 11 is 0. The second-order valence-corrected chi connectivity index (χ2v) is 8.28. The van der Waals surface area contributed by atoms with Crippen LogP contribution in [0.1, 0.15) is 63.4 Å². The van der Waals surface area contributed by atoms with Gasteiger partial charge in [0.05, 0.1) is 5.39 Å². The van der Waals surface area contributed by atoms with Crippen LogP contribution in [0.2, 0.25) is 0 Å². The van der Waals surface area contributed by atoms with Gasteiger partial charge in [-0.2, -0.15) is 0 Å². The lowest BCUT2D eigenvalue weighted by atomic mass is 9.87. The summed E-state index contributed by atoms with van der Waals surface area (Å²) in [6.45, 7) is 7.33. The van der Waals surface area contributed by atoms with Crippen molar-refractivity contribution in [2.75, 3.05) is 13.1 Å². The van der Waals surface area contributed by atoms with Crippen LogP contribution >= 0.6 is 0 Å². The van der Waals surface area contributed by atoms with E-state index in [9.17, 15) is 9.59 Å². The number of amides is 2. The molecule has 146 valence electrons. The van der Waals surface area contributed by atoms with Crippen molar-refractivity contribution in [3.63, 3.8) is 0 Å². The molecule has 0 spiro atoms. The zero-order valence-corrected chi connectivity index (χ0v) is 16.4. The van der Waals surface area contributed by atoms with Crippen LogP contribution in [0, 0.1) is 10.8 Å². The van der Waals surface area contributed by atoms with Crippen molar-refractivity contribution < 1.29 is 9.59 Å². The highest BCUT2D eigenvalue weighted by molar-refractivity contribution is 6.03. The van der Waals surface area contributed by atoms with Crippen molar-refractivity contribution in [2.24, 2.45) is 10.8 Å². The van der Waals surface area contributed by atoms with Crippen molar-refractivity contribution in [2.45, 2.75) is 52.9 Å². The van der Waals surface area contributed by atoms with Gasteiger partial charge in [-0.05, 0) is 37.2 Å². The number of hydrogen-bond acceptors (Lipinski definition) is 4. The Bertz CT molecular complexity index is 823. The van der Waals surface area contributed by atoms with Crippen LogP contribution in [0.25, 0.3) is 11.0 Å². The van der Waals surface area contributed by atoms with Gasteiger partial charge in [-0.25, -0.2) is 9.97 Å². The highest BCUT2D eigenvalue weighted by Crippen LogP contribution is 2.48. The lowest BCUT2D eigenvalue weighted by molar-refractivity contribution is -0.129. The fraction of sp³-hybridized carbons (Fsp3) is 0.600. The lowest BCUT2D eigenvalue weighted by Gasteiger charge is -2.24. The molecule has 2 amide bonds. The van der Waals surface area contributed by atoms with Gasteiger partial charge in [0.25, 0.3) is 5.91 Å². The summed E-state index contributed by atoms with van der Waals surface area (Å²) in [5.74, 6) is -0.0681. The van der Waals surface area contributed by atoms with Crippen LogP contribution < -0.4 is 10.6 Å². The van der Waals surface area contributed by atoms with Crippen LogP contribution in [0.15, 0.2) is 18.6 Å². The number of nitrogens with zero attached hydrogens (tertiary/aromatic N) is 2. The molecule has 1 aliphatic carbocycles. The molecule has 1 fully saturated rings. The molecule has 0 aromatic carbocycles. The first kappa shape index (κ1) is 19.3.